The van der Waals surface area contributed by atoms with Crippen LogP contribution in [0.25, 0.3) is 0 Å². The van der Waals surface area contributed by atoms with Gasteiger partial charge in [-0.25, -0.2) is 0 Å². The highest BCUT2D eigenvalue weighted by molar-refractivity contribution is 7.80. The standard InChI is InChI=1S/C21H26ClN3OS/c1-24(2)19-11-5-16(6-12-19)14-25(15-20-4-3-13-26-20)21(27)23-18-9-7-17(22)8-10-18/h5-12,20H,3-4,13-15H2,1-2H3,(H,23,27)/t20-/m0/s1. The molecular weight excluding hydrogens is 378 g/mol. The number of benzene rings is 2. The Kier molecular flexibility index (Phi) is 6.94. The van der Waals surface area contributed by atoms with Gasteiger partial charge in [-0.3, -0.25) is 0 Å². The molecule has 6 heteroatoms. The summed E-state index contributed by atoms with van der Waals surface area (Å²) >= 11 is 11.7. The molecule has 0 spiro atoms. The summed E-state index contributed by atoms with van der Waals surface area (Å²) in [5.41, 5.74) is 3.34. The van der Waals surface area contributed by atoms with Crippen LogP contribution in [0, 0.1) is 0 Å². The number of halogens is 1. The normalized spacial score (nSPS) is 16.2. The molecule has 4 nitrogen and oxygen atoms in total. The predicted octanol–water partition coefficient (Wildman–Crippen LogP) is 4.78. The van der Waals surface area contributed by atoms with Crippen LogP contribution in [0.4, 0.5) is 11.4 Å². The van der Waals surface area contributed by atoms with E-state index >= 15 is 0 Å². The third-order valence-corrected chi connectivity index (χ3v) is 5.27. The van der Waals surface area contributed by atoms with Gasteiger partial charge in [0.05, 0.1) is 6.10 Å². The SMILES string of the molecule is CN(C)c1ccc(CN(C[C@@H]2CCCO2)C(=S)Nc2ccc(Cl)cc2)cc1. The van der Waals surface area contributed by atoms with Crippen LogP contribution >= 0.6 is 23.8 Å². The van der Waals surface area contributed by atoms with E-state index in [9.17, 15) is 0 Å². The summed E-state index contributed by atoms with van der Waals surface area (Å²) in [6.07, 6.45) is 2.43. The van der Waals surface area contributed by atoms with E-state index in [4.69, 9.17) is 28.6 Å². The molecule has 0 saturated carbocycles. The van der Waals surface area contributed by atoms with Crippen LogP contribution < -0.4 is 10.2 Å². The van der Waals surface area contributed by atoms with E-state index < -0.39 is 0 Å². The van der Waals surface area contributed by atoms with Gasteiger partial charge in [0.1, 0.15) is 0 Å². The molecule has 27 heavy (non-hydrogen) atoms. The van der Waals surface area contributed by atoms with E-state index in [0.717, 1.165) is 38.2 Å². The quantitative estimate of drug-likeness (QED) is 0.700. The topological polar surface area (TPSA) is 27.7 Å². The predicted molar refractivity (Wildman–Crippen MR) is 118 cm³/mol. The van der Waals surface area contributed by atoms with Crippen LogP contribution in [0.3, 0.4) is 0 Å². The summed E-state index contributed by atoms with van der Waals surface area (Å²) in [5.74, 6) is 0. The molecule has 1 aliphatic rings. The minimum Gasteiger partial charge on any atom is -0.378 e. The van der Waals surface area contributed by atoms with E-state index in [1.165, 1.54) is 11.3 Å². The number of hydrogen-bond acceptors (Lipinski definition) is 3. The average Bonchev–Trinajstić information content (AvgIpc) is 3.16. The molecule has 2 aromatic rings. The summed E-state index contributed by atoms with van der Waals surface area (Å²) in [6.45, 7) is 2.37. The molecule has 1 heterocycles. The summed E-state index contributed by atoms with van der Waals surface area (Å²) in [7, 11) is 4.09. The van der Waals surface area contributed by atoms with E-state index in [2.05, 4.69) is 39.4 Å². The van der Waals surface area contributed by atoms with E-state index in [1.54, 1.807) is 0 Å². The van der Waals surface area contributed by atoms with Crippen molar-refractivity contribution in [3.05, 3.63) is 59.1 Å². The molecule has 1 atom stereocenters. The maximum absolute atomic E-state index is 5.98. The Hall–Kier alpha value is -1.82. The highest BCUT2D eigenvalue weighted by Gasteiger charge is 2.21. The number of hydrogen-bond donors (Lipinski definition) is 1. The van der Waals surface area contributed by atoms with Crippen molar-refractivity contribution in [3.8, 4) is 0 Å². The van der Waals surface area contributed by atoms with Crippen LogP contribution in [0.5, 0.6) is 0 Å². The third kappa shape index (κ3) is 5.83. The maximum Gasteiger partial charge on any atom is 0.173 e. The smallest absolute Gasteiger partial charge is 0.173 e. The van der Waals surface area contributed by atoms with Crippen LogP contribution in [0.1, 0.15) is 18.4 Å². The highest BCUT2D eigenvalue weighted by atomic mass is 35.5. The first-order chi connectivity index (χ1) is 13.0. The number of nitrogens with zero attached hydrogens (tertiary/aromatic N) is 2. The summed E-state index contributed by atoms with van der Waals surface area (Å²) < 4.78 is 5.83. The minimum atomic E-state index is 0.232. The van der Waals surface area contributed by atoms with Crippen molar-refractivity contribution in [1.82, 2.24) is 4.90 Å². The monoisotopic (exact) mass is 403 g/mol. The molecule has 0 bridgehead atoms. The first-order valence-corrected chi connectivity index (χ1v) is 9.99. The number of thiocarbonyl (C=S) groups is 1. The fourth-order valence-corrected chi connectivity index (χ4v) is 3.49. The Labute approximate surface area is 172 Å². The summed E-state index contributed by atoms with van der Waals surface area (Å²) in [5, 5.41) is 4.74. The van der Waals surface area contributed by atoms with Crippen molar-refractivity contribution < 1.29 is 4.74 Å². The first kappa shape index (κ1) is 19.9. The fraction of sp³-hybridized carbons (Fsp3) is 0.381. The van der Waals surface area contributed by atoms with Gasteiger partial charge in [0.15, 0.2) is 5.11 Å². The number of anilines is 2. The van der Waals surface area contributed by atoms with Gasteiger partial charge in [-0.1, -0.05) is 23.7 Å². The van der Waals surface area contributed by atoms with Crippen LogP contribution in [0.15, 0.2) is 48.5 Å². The molecule has 144 valence electrons. The van der Waals surface area contributed by atoms with Gasteiger partial charge in [0.2, 0.25) is 0 Å². The molecule has 1 N–H and O–H groups in total. The van der Waals surface area contributed by atoms with Crippen molar-refractivity contribution >= 4 is 40.3 Å². The van der Waals surface area contributed by atoms with Crippen molar-refractivity contribution in [2.24, 2.45) is 0 Å². The zero-order valence-corrected chi connectivity index (χ0v) is 17.4. The molecule has 1 saturated heterocycles. The van der Waals surface area contributed by atoms with Gasteiger partial charge in [-0.05, 0) is 67.0 Å². The van der Waals surface area contributed by atoms with Crippen molar-refractivity contribution in [2.45, 2.75) is 25.5 Å². The van der Waals surface area contributed by atoms with Gasteiger partial charge in [0, 0.05) is 50.2 Å². The Morgan fingerprint density at radius 1 is 1.15 bits per heavy atom. The molecule has 0 amide bonds. The Bertz CT molecular complexity index is 743. The zero-order valence-electron chi connectivity index (χ0n) is 15.8. The van der Waals surface area contributed by atoms with Crippen LogP contribution in [-0.4, -0.2) is 43.4 Å². The second-order valence-electron chi connectivity index (χ2n) is 7.01. The lowest BCUT2D eigenvalue weighted by molar-refractivity contribution is 0.0905. The van der Waals surface area contributed by atoms with Gasteiger partial charge >= 0.3 is 0 Å². The maximum atomic E-state index is 5.98. The molecule has 2 aromatic carbocycles. The molecule has 0 aliphatic carbocycles. The molecule has 3 rings (SSSR count). The number of ether oxygens (including phenoxy) is 1. The van der Waals surface area contributed by atoms with Gasteiger partial charge in [-0.15, -0.1) is 0 Å². The van der Waals surface area contributed by atoms with Crippen molar-refractivity contribution in [2.75, 3.05) is 37.5 Å². The lowest BCUT2D eigenvalue weighted by Gasteiger charge is -2.28. The molecule has 0 radical (unpaired) electrons. The van der Waals surface area contributed by atoms with E-state index in [-0.39, 0.29) is 6.10 Å². The van der Waals surface area contributed by atoms with E-state index in [0.29, 0.717) is 10.1 Å². The lowest BCUT2D eigenvalue weighted by atomic mass is 10.1. The molecule has 1 aliphatic heterocycles. The second kappa shape index (κ2) is 9.40. The van der Waals surface area contributed by atoms with Crippen LogP contribution in [-0.2, 0) is 11.3 Å². The third-order valence-electron chi connectivity index (χ3n) is 4.66. The molecular formula is C21H26ClN3OS. The Balaban J connectivity index is 1.70. The van der Waals surface area contributed by atoms with E-state index in [1.807, 2.05) is 38.4 Å². The molecule has 1 fully saturated rings. The van der Waals surface area contributed by atoms with Gasteiger partial charge in [0.25, 0.3) is 0 Å². The number of nitrogens with one attached hydrogen (secondary N) is 1. The average molecular weight is 404 g/mol. The molecule has 0 aromatic heterocycles. The Morgan fingerprint density at radius 3 is 2.44 bits per heavy atom. The summed E-state index contributed by atoms with van der Waals surface area (Å²) in [4.78, 5) is 4.28. The van der Waals surface area contributed by atoms with Crippen molar-refractivity contribution in [3.63, 3.8) is 0 Å². The van der Waals surface area contributed by atoms with Crippen LogP contribution in [0.2, 0.25) is 5.02 Å². The minimum absolute atomic E-state index is 0.232. The lowest BCUT2D eigenvalue weighted by Crippen LogP contribution is -2.39. The van der Waals surface area contributed by atoms with Gasteiger partial charge < -0.3 is 19.9 Å². The second-order valence-corrected chi connectivity index (χ2v) is 7.84. The van der Waals surface area contributed by atoms with Gasteiger partial charge in [-0.2, -0.15) is 0 Å². The largest absolute Gasteiger partial charge is 0.378 e. The summed E-state index contributed by atoms with van der Waals surface area (Å²) in [6, 6.07) is 16.2. The number of rotatable bonds is 6. The zero-order chi connectivity index (χ0) is 19.2. The fourth-order valence-electron chi connectivity index (χ4n) is 3.11. The first-order valence-electron chi connectivity index (χ1n) is 9.20. The highest BCUT2D eigenvalue weighted by Crippen LogP contribution is 2.19. The molecule has 0 unspecified atom stereocenters. The Morgan fingerprint density at radius 2 is 1.85 bits per heavy atom. The van der Waals surface area contributed by atoms with Crippen molar-refractivity contribution in [1.29, 1.82) is 0 Å².